The fourth-order valence-corrected chi connectivity index (χ4v) is 1.18. The minimum atomic E-state index is -0.0645. The molecule has 0 heterocycles. The molecule has 0 saturated heterocycles. The van der Waals surface area contributed by atoms with Gasteiger partial charge in [0.1, 0.15) is 6.61 Å². The van der Waals surface area contributed by atoms with E-state index < -0.39 is 0 Å². The van der Waals surface area contributed by atoms with Gasteiger partial charge in [0.25, 0.3) is 0 Å². The number of nitrogens with two attached hydrogens (primary N) is 1. The molecule has 0 amide bonds. The number of aromatic hydroxyl groups is 1. The second-order valence-electron chi connectivity index (χ2n) is 2.59. The van der Waals surface area contributed by atoms with E-state index in [9.17, 15) is 5.11 Å². The van der Waals surface area contributed by atoms with E-state index in [4.69, 9.17) is 26.8 Å². The first-order valence-electron chi connectivity index (χ1n) is 4.08. The van der Waals surface area contributed by atoms with Crippen LogP contribution in [0.2, 0.25) is 5.02 Å². The zero-order valence-electron chi connectivity index (χ0n) is 7.79. The highest BCUT2D eigenvalue weighted by molar-refractivity contribution is 6.31. The molecule has 0 aliphatic carbocycles. The van der Waals surface area contributed by atoms with Crippen molar-refractivity contribution >= 4 is 11.6 Å². The predicted molar refractivity (Wildman–Crippen MR) is 54.2 cm³/mol. The molecule has 1 aromatic carbocycles. The molecule has 0 aliphatic rings. The standard InChI is InChI=1S/C9H12ClNO3/c1-13-7-4-6(10)5-8(9(7)12)14-3-2-11/h4-5,12H,2-3,11H2,1H3. The largest absolute Gasteiger partial charge is 0.502 e. The molecule has 4 nitrogen and oxygen atoms in total. The summed E-state index contributed by atoms with van der Waals surface area (Å²) >= 11 is 5.78. The van der Waals surface area contributed by atoms with E-state index in [1.165, 1.54) is 19.2 Å². The summed E-state index contributed by atoms with van der Waals surface area (Å²) in [5, 5.41) is 10.0. The summed E-state index contributed by atoms with van der Waals surface area (Å²) in [6.07, 6.45) is 0. The predicted octanol–water partition coefficient (Wildman–Crippen LogP) is 1.39. The lowest BCUT2D eigenvalue weighted by molar-refractivity contribution is 0.298. The van der Waals surface area contributed by atoms with Crippen molar-refractivity contribution in [2.75, 3.05) is 20.3 Å². The Morgan fingerprint density at radius 2 is 2.07 bits per heavy atom. The quantitative estimate of drug-likeness (QED) is 0.800. The van der Waals surface area contributed by atoms with Crippen LogP contribution in [0.1, 0.15) is 0 Å². The first kappa shape index (κ1) is 10.9. The first-order chi connectivity index (χ1) is 6.69. The van der Waals surface area contributed by atoms with Crippen LogP contribution >= 0.6 is 11.6 Å². The lowest BCUT2D eigenvalue weighted by Gasteiger charge is -2.10. The maximum absolute atomic E-state index is 9.59. The van der Waals surface area contributed by atoms with Crippen molar-refractivity contribution < 1.29 is 14.6 Å². The van der Waals surface area contributed by atoms with Crippen molar-refractivity contribution in [3.8, 4) is 17.2 Å². The maximum atomic E-state index is 9.59. The number of phenolic OH excluding ortho intramolecular Hbond substituents is 1. The van der Waals surface area contributed by atoms with Gasteiger partial charge in [0.15, 0.2) is 11.5 Å². The van der Waals surface area contributed by atoms with Gasteiger partial charge in [-0.2, -0.15) is 0 Å². The molecule has 0 fully saturated rings. The number of hydrogen-bond acceptors (Lipinski definition) is 4. The Hall–Kier alpha value is -1.13. The van der Waals surface area contributed by atoms with E-state index in [-0.39, 0.29) is 17.2 Å². The zero-order chi connectivity index (χ0) is 10.6. The van der Waals surface area contributed by atoms with E-state index in [1.807, 2.05) is 0 Å². The highest BCUT2D eigenvalue weighted by Crippen LogP contribution is 2.38. The molecule has 0 aromatic heterocycles. The molecule has 0 radical (unpaired) electrons. The SMILES string of the molecule is COc1cc(Cl)cc(OCCN)c1O. The Labute approximate surface area is 87.2 Å². The van der Waals surface area contributed by atoms with E-state index >= 15 is 0 Å². The van der Waals surface area contributed by atoms with Gasteiger partial charge in [0.05, 0.1) is 7.11 Å². The molecule has 1 rings (SSSR count). The van der Waals surface area contributed by atoms with E-state index in [2.05, 4.69) is 0 Å². The van der Waals surface area contributed by atoms with Crippen molar-refractivity contribution in [2.24, 2.45) is 5.73 Å². The van der Waals surface area contributed by atoms with Gasteiger partial charge in [0, 0.05) is 23.7 Å². The van der Waals surface area contributed by atoms with Crippen molar-refractivity contribution in [1.82, 2.24) is 0 Å². The van der Waals surface area contributed by atoms with Crippen LogP contribution in [0.25, 0.3) is 0 Å². The number of hydrogen-bond donors (Lipinski definition) is 2. The van der Waals surface area contributed by atoms with Crippen molar-refractivity contribution in [3.63, 3.8) is 0 Å². The maximum Gasteiger partial charge on any atom is 0.200 e. The fraction of sp³-hybridized carbons (Fsp3) is 0.333. The molecule has 1 aromatic rings. The van der Waals surface area contributed by atoms with Gasteiger partial charge in [-0.15, -0.1) is 0 Å². The molecular weight excluding hydrogens is 206 g/mol. The molecular formula is C9H12ClNO3. The Bertz CT molecular complexity index is 317. The summed E-state index contributed by atoms with van der Waals surface area (Å²) in [7, 11) is 1.44. The molecule has 0 saturated carbocycles. The van der Waals surface area contributed by atoms with Crippen molar-refractivity contribution in [2.45, 2.75) is 0 Å². The Kier molecular flexibility index (Phi) is 3.85. The molecule has 78 valence electrons. The monoisotopic (exact) mass is 217 g/mol. The molecule has 3 N–H and O–H groups in total. The topological polar surface area (TPSA) is 64.7 Å². The molecule has 0 spiro atoms. The summed E-state index contributed by atoms with van der Waals surface area (Å²) in [5.41, 5.74) is 5.26. The van der Waals surface area contributed by atoms with Gasteiger partial charge in [-0.25, -0.2) is 0 Å². The van der Waals surface area contributed by atoms with E-state index in [0.29, 0.717) is 18.2 Å². The fourth-order valence-electron chi connectivity index (χ4n) is 0.985. The Morgan fingerprint density at radius 1 is 1.43 bits per heavy atom. The molecule has 0 aliphatic heterocycles. The van der Waals surface area contributed by atoms with Gasteiger partial charge in [-0.05, 0) is 0 Å². The summed E-state index contributed by atoms with van der Waals surface area (Å²) in [6, 6.07) is 3.02. The van der Waals surface area contributed by atoms with Crippen LogP contribution < -0.4 is 15.2 Å². The summed E-state index contributed by atoms with van der Waals surface area (Å²) in [5.74, 6) is 0.495. The van der Waals surface area contributed by atoms with Crippen LogP contribution in [-0.2, 0) is 0 Å². The molecule has 0 atom stereocenters. The van der Waals surface area contributed by atoms with Crippen LogP contribution in [0, 0.1) is 0 Å². The number of rotatable bonds is 4. The second-order valence-corrected chi connectivity index (χ2v) is 3.03. The summed E-state index contributed by atoms with van der Waals surface area (Å²) in [6.45, 7) is 0.686. The third-order valence-electron chi connectivity index (χ3n) is 1.60. The van der Waals surface area contributed by atoms with Crippen molar-refractivity contribution in [1.29, 1.82) is 0 Å². The summed E-state index contributed by atoms with van der Waals surface area (Å²) in [4.78, 5) is 0. The van der Waals surface area contributed by atoms with Crippen LogP contribution in [-0.4, -0.2) is 25.4 Å². The number of methoxy groups -OCH3 is 1. The number of benzene rings is 1. The minimum Gasteiger partial charge on any atom is -0.502 e. The van der Waals surface area contributed by atoms with Crippen molar-refractivity contribution in [3.05, 3.63) is 17.2 Å². The van der Waals surface area contributed by atoms with Gasteiger partial charge >= 0.3 is 0 Å². The molecule has 0 unspecified atom stereocenters. The van der Waals surface area contributed by atoms with Crippen LogP contribution in [0.15, 0.2) is 12.1 Å². The van der Waals surface area contributed by atoms with Gasteiger partial charge in [-0.1, -0.05) is 11.6 Å². The zero-order valence-corrected chi connectivity index (χ0v) is 8.54. The Balaban J connectivity index is 2.96. The number of ether oxygens (including phenoxy) is 2. The van der Waals surface area contributed by atoms with Crippen LogP contribution in [0.4, 0.5) is 0 Å². The number of halogens is 1. The van der Waals surface area contributed by atoms with Crippen LogP contribution in [0.5, 0.6) is 17.2 Å². The highest BCUT2D eigenvalue weighted by Gasteiger charge is 2.10. The summed E-state index contributed by atoms with van der Waals surface area (Å²) < 4.78 is 10.1. The van der Waals surface area contributed by atoms with E-state index in [0.717, 1.165) is 0 Å². The Morgan fingerprint density at radius 3 is 2.64 bits per heavy atom. The van der Waals surface area contributed by atoms with E-state index in [1.54, 1.807) is 0 Å². The van der Waals surface area contributed by atoms with Gasteiger partial charge in [0.2, 0.25) is 5.75 Å². The smallest absolute Gasteiger partial charge is 0.200 e. The number of phenols is 1. The minimum absolute atomic E-state index is 0.0645. The lowest BCUT2D eigenvalue weighted by Crippen LogP contribution is -2.10. The molecule has 5 heteroatoms. The highest BCUT2D eigenvalue weighted by atomic mass is 35.5. The first-order valence-corrected chi connectivity index (χ1v) is 4.46. The normalized spacial score (nSPS) is 9.93. The third kappa shape index (κ3) is 2.43. The lowest BCUT2D eigenvalue weighted by atomic mass is 10.3. The average molecular weight is 218 g/mol. The average Bonchev–Trinajstić information content (AvgIpc) is 2.18. The third-order valence-corrected chi connectivity index (χ3v) is 1.82. The van der Waals surface area contributed by atoms with Gasteiger partial charge in [-0.3, -0.25) is 0 Å². The molecule has 14 heavy (non-hydrogen) atoms. The molecule has 0 bridgehead atoms. The second kappa shape index (κ2) is 4.93. The van der Waals surface area contributed by atoms with Gasteiger partial charge < -0.3 is 20.3 Å². The van der Waals surface area contributed by atoms with Crippen LogP contribution in [0.3, 0.4) is 0 Å².